The van der Waals surface area contributed by atoms with Gasteiger partial charge in [-0.05, 0) is 49.2 Å². The molecule has 0 radical (unpaired) electrons. The summed E-state index contributed by atoms with van der Waals surface area (Å²) in [5.74, 6) is 0.719. The second-order valence-corrected chi connectivity index (χ2v) is 10.9. The Morgan fingerprint density at radius 2 is 1.82 bits per heavy atom. The van der Waals surface area contributed by atoms with Gasteiger partial charge in [-0.25, -0.2) is 4.68 Å². The summed E-state index contributed by atoms with van der Waals surface area (Å²) < 4.78 is 8.57. The molecular formula is C31H29N3O2S2. The van der Waals surface area contributed by atoms with Crippen LogP contribution in [0.3, 0.4) is 0 Å². The molecule has 38 heavy (non-hydrogen) atoms. The van der Waals surface area contributed by atoms with Crippen molar-refractivity contribution in [3.8, 4) is 22.7 Å². The number of aromatic nitrogens is 2. The van der Waals surface area contributed by atoms with Crippen LogP contribution < -0.4 is 4.74 Å². The molecule has 5 nitrogen and oxygen atoms in total. The fourth-order valence-corrected chi connectivity index (χ4v) is 5.46. The molecule has 1 fully saturated rings. The Kier molecular flexibility index (Phi) is 8.05. The van der Waals surface area contributed by atoms with Gasteiger partial charge < -0.3 is 4.74 Å². The molecule has 192 valence electrons. The van der Waals surface area contributed by atoms with Gasteiger partial charge in [0, 0.05) is 23.9 Å². The molecule has 0 unspecified atom stereocenters. The van der Waals surface area contributed by atoms with Crippen LogP contribution in [-0.4, -0.2) is 31.5 Å². The normalized spacial score (nSPS) is 14.5. The number of hydrogen-bond donors (Lipinski definition) is 0. The number of unbranched alkanes of at least 4 members (excludes halogenated alkanes) is 1. The van der Waals surface area contributed by atoms with E-state index in [9.17, 15) is 4.79 Å². The molecule has 0 N–H and O–H groups in total. The van der Waals surface area contributed by atoms with Crippen molar-refractivity contribution in [3.05, 3.63) is 107 Å². The van der Waals surface area contributed by atoms with Crippen LogP contribution >= 0.6 is 24.0 Å². The monoisotopic (exact) mass is 539 g/mol. The van der Waals surface area contributed by atoms with E-state index in [-0.39, 0.29) is 5.91 Å². The third-order valence-corrected chi connectivity index (χ3v) is 7.67. The number of ether oxygens (including phenoxy) is 1. The van der Waals surface area contributed by atoms with Crippen molar-refractivity contribution in [2.24, 2.45) is 0 Å². The van der Waals surface area contributed by atoms with Gasteiger partial charge in [0.15, 0.2) is 0 Å². The molecule has 1 aliphatic rings. The van der Waals surface area contributed by atoms with E-state index in [0.29, 0.717) is 22.4 Å². The van der Waals surface area contributed by atoms with E-state index in [1.807, 2.05) is 71.6 Å². The van der Waals surface area contributed by atoms with Gasteiger partial charge in [0.25, 0.3) is 5.91 Å². The van der Waals surface area contributed by atoms with Crippen molar-refractivity contribution in [2.75, 3.05) is 6.54 Å². The third-order valence-electron chi connectivity index (χ3n) is 6.29. The first-order valence-electron chi connectivity index (χ1n) is 12.7. The average Bonchev–Trinajstić information content (AvgIpc) is 3.48. The summed E-state index contributed by atoms with van der Waals surface area (Å²) in [6, 6.07) is 26.2. The van der Waals surface area contributed by atoms with Crippen LogP contribution in [0.2, 0.25) is 0 Å². The lowest BCUT2D eigenvalue weighted by Crippen LogP contribution is -2.28. The predicted molar refractivity (Wildman–Crippen MR) is 159 cm³/mol. The number of carbonyl (C=O) groups excluding carboxylic acids is 1. The average molecular weight is 540 g/mol. The Bertz CT molecular complexity index is 1480. The second kappa shape index (κ2) is 11.8. The molecule has 1 saturated heterocycles. The number of amides is 1. The lowest BCUT2D eigenvalue weighted by atomic mass is 10.1. The first-order valence-corrected chi connectivity index (χ1v) is 13.9. The fourth-order valence-electron chi connectivity index (χ4n) is 4.16. The zero-order chi connectivity index (χ0) is 26.5. The number of para-hydroxylation sites is 1. The molecule has 0 spiro atoms. The number of carbonyl (C=O) groups is 1. The quantitative estimate of drug-likeness (QED) is 0.164. The smallest absolute Gasteiger partial charge is 0.266 e. The summed E-state index contributed by atoms with van der Waals surface area (Å²) >= 11 is 6.87. The Balaban J connectivity index is 1.48. The van der Waals surface area contributed by atoms with Crippen LogP contribution in [0.15, 0.2) is 90.0 Å². The van der Waals surface area contributed by atoms with Gasteiger partial charge in [-0.3, -0.25) is 9.69 Å². The highest BCUT2D eigenvalue weighted by atomic mass is 32.2. The second-order valence-electron chi connectivity index (χ2n) is 9.20. The van der Waals surface area contributed by atoms with Crippen LogP contribution in [-0.2, 0) is 11.4 Å². The molecule has 1 amide bonds. The maximum Gasteiger partial charge on any atom is 0.266 e. The van der Waals surface area contributed by atoms with Crippen LogP contribution in [0.1, 0.15) is 36.5 Å². The number of aryl methyl sites for hydroxylation is 1. The Hall–Kier alpha value is -3.68. The molecule has 1 aliphatic heterocycles. The zero-order valence-corrected chi connectivity index (χ0v) is 23.1. The minimum Gasteiger partial charge on any atom is -0.489 e. The van der Waals surface area contributed by atoms with E-state index < -0.39 is 0 Å². The SMILES string of the molecule is CCCCN1C(=O)C(=Cc2cn(-c3ccccc3)nc2-c2cccc(OCc3ccc(C)cc3)c2)SC1=S. The van der Waals surface area contributed by atoms with Gasteiger partial charge in [0.05, 0.1) is 10.6 Å². The maximum atomic E-state index is 13.1. The molecule has 4 aromatic rings. The van der Waals surface area contributed by atoms with E-state index in [1.165, 1.54) is 17.3 Å². The Labute approximate surface area is 233 Å². The van der Waals surface area contributed by atoms with Crippen LogP contribution in [0, 0.1) is 6.92 Å². The molecule has 7 heteroatoms. The first kappa shape index (κ1) is 25.9. The molecule has 0 saturated carbocycles. The summed E-state index contributed by atoms with van der Waals surface area (Å²) in [4.78, 5) is 15.5. The minimum absolute atomic E-state index is 0.0398. The molecule has 2 heterocycles. The summed E-state index contributed by atoms with van der Waals surface area (Å²) in [5, 5.41) is 4.92. The van der Waals surface area contributed by atoms with Crippen LogP contribution in [0.5, 0.6) is 5.75 Å². The van der Waals surface area contributed by atoms with Gasteiger partial charge in [0.1, 0.15) is 22.4 Å². The maximum absolute atomic E-state index is 13.1. The summed E-state index contributed by atoms with van der Waals surface area (Å²) in [6.45, 7) is 5.31. The molecule has 1 aromatic heterocycles. The van der Waals surface area contributed by atoms with Crippen LogP contribution in [0.4, 0.5) is 0 Å². The van der Waals surface area contributed by atoms with E-state index >= 15 is 0 Å². The van der Waals surface area contributed by atoms with E-state index in [2.05, 4.69) is 38.1 Å². The van der Waals surface area contributed by atoms with Gasteiger partial charge >= 0.3 is 0 Å². The highest BCUT2D eigenvalue weighted by molar-refractivity contribution is 8.26. The van der Waals surface area contributed by atoms with Gasteiger partial charge in [0.2, 0.25) is 0 Å². The number of thioether (sulfide) groups is 1. The van der Waals surface area contributed by atoms with Crippen molar-refractivity contribution in [2.45, 2.75) is 33.3 Å². The number of benzene rings is 3. The zero-order valence-electron chi connectivity index (χ0n) is 21.5. The molecule has 3 aromatic carbocycles. The molecule has 0 bridgehead atoms. The van der Waals surface area contributed by atoms with Crippen molar-refractivity contribution in [1.29, 1.82) is 0 Å². The molecule has 5 rings (SSSR count). The van der Waals surface area contributed by atoms with Crippen molar-refractivity contribution in [1.82, 2.24) is 14.7 Å². The van der Waals surface area contributed by atoms with Crippen LogP contribution in [0.25, 0.3) is 23.0 Å². The van der Waals surface area contributed by atoms with Gasteiger partial charge in [-0.15, -0.1) is 0 Å². The van der Waals surface area contributed by atoms with E-state index in [1.54, 1.807) is 4.90 Å². The molecule has 0 aliphatic carbocycles. The topological polar surface area (TPSA) is 47.4 Å². The Morgan fingerprint density at radius 3 is 2.58 bits per heavy atom. The Morgan fingerprint density at radius 1 is 1.03 bits per heavy atom. The molecule has 0 atom stereocenters. The van der Waals surface area contributed by atoms with Crippen molar-refractivity contribution in [3.63, 3.8) is 0 Å². The summed E-state index contributed by atoms with van der Waals surface area (Å²) in [6.07, 6.45) is 5.80. The predicted octanol–water partition coefficient (Wildman–Crippen LogP) is 7.43. The van der Waals surface area contributed by atoms with Crippen molar-refractivity contribution >= 4 is 40.3 Å². The van der Waals surface area contributed by atoms with Gasteiger partial charge in [-0.2, -0.15) is 5.10 Å². The molecular weight excluding hydrogens is 510 g/mol. The van der Waals surface area contributed by atoms with Gasteiger partial charge in [-0.1, -0.05) is 97.5 Å². The van der Waals surface area contributed by atoms with Crippen molar-refractivity contribution < 1.29 is 9.53 Å². The minimum atomic E-state index is -0.0398. The number of rotatable bonds is 9. The standard InChI is InChI=1S/C31H29N3O2S2/c1-3-4-17-33-30(35)28(38-31(33)37)19-25-20-34(26-10-6-5-7-11-26)32-29(25)24-9-8-12-27(18-24)36-21-23-15-13-22(2)14-16-23/h5-16,18-20H,3-4,17,21H2,1-2H3. The number of hydrogen-bond acceptors (Lipinski definition) is 5. The highest BCUT2D eigenvalue weighted by Gasteiger charge is 2.32. The lowest BCUT2D eigenvalue weighted by Gasteiger charge is -2.13. The number of thiocarbonyl (C=S) groups is 1. The van der Waals surface area contributed by atoms with E-state index in [4.69, 9.17) is 22.1 Å². The first-order chi connectivity index (χ1) is 18.5. The summed E-state index contributed by atoms with van der Waals surface area (Å²) in [5.41, 5.74) is 5.80. The highest BCUT2D eigenvalue weighted by Crippen LogP contribution is 2.35. The largest absolute Gasteiger partial charge is 0.489 e. The fraction of sp³-hybridized carbons (Fsp3) is 0.194. The lowest BCUT2D eigenvalue weighted by molar-refractivity contribution is -0.122. The summed E-state index contributed by atoms with van der Waals surface area (Å²) in [7, 11) is 0. The number of nitrogens with zero attached hydrogens (tertiary/aromatic N) is 3. The van der Waals surface area contributed by atoms with E-state index in [0.717, 1.165) is 46.7 Å². The third kappa shape index (κ3) is 5.90.